The van der Waals surface area contributed by atoms with E-state index in [1.807, 2.05) is 0 Å². The average molecular weight is 275 g/mol. The first-order valence-corrected chi connectivity index (χ1v) is 6.75. The summed E-state index contributed by atoms with van der Waals surface area (Å²) in [6, 6.07) is 5.54. The first-order chi connectivity index (χ1) is 8.35. The molecule has 100 valence electrons. The van der Waals surface area contributed by atoms with Gasteiger partial charge in [0.25, 0.3) is 5.69 Å². The summed E-state index contributed by atoms with van der Waals surface area (Å²) in [6.45, 7) is 3.19. The van der Waals surface area contributed by atoms with Crippen LogP contribution in [0.2, 0.25) is 0 Å². The van der Waals surface area contributed by atoms with Crippen molar-refractivity contribution in [2.24, 2.45) is 0 Å². The van der Waals surface area contributed by atoms with Crippen LogP contribution in [0.5, 0.6) is 0 Å². The lowest BCUT2D eigenvalue weighted by atomic mass is 10.1. The van der Waals surface area contributed by atoms with Gasteiger partial charge in [-0.15, -0.1) is 0 Å². The fourth-order valence-corrected chi connectivity index (χ4v) is 2.23. The zero-order chi connectivity index (χ0) is 13.8. The minimum absolute atomic E-state index is 0.0528. The number of phosphoric ester groups is 1. The van der Waals surface area contributed by atoms with Crippen LogP contribution in [0.4, 0.5) is 5.69 Å². The van der Waals surface area contributed by atoms with Crippen molar-refractivity contribution in [3.05, 3.63) is 39.9 Å². The zero-order valence-corrected chi connectivity index (χ0v) is 10.9. The quantitative estimate of drug-likeness (QED) is 0.487. The normalized spacial score (nSPS) is 15.9. The maximum absolute atomic E-state index is 11.4. The molecule has 0 radical (unpaired) electrons. The van der Waals surface area contributed by atoms with Gasteiger partial charge < -0.3 is 4.89 Å². The van der Waals surface area contributed by atoms with Crippen LogP contribution in [0.15, 0.2) is 24.3 Å². The molecule has 0 heterocycles. The molecule has 0 aliphatic heterocycles. The van der Waals surface area contributed by atoms with E-state index in [0.717, 1.165) is 0 Å². The molecule has 1 aromatic rings. The first-order valence-electron chi connectivity index (χ1n) is 5.26. The molecule has 0 aromatic heterocycles. The number of nitro groups is 1. The molecule has 1 rings (SSSR count). The topological polar surface area (TPSA) is 98.9 Å². The van der Waals surface area contributed by atoms with Crippen LogP contribution in [0.25, 0.3) is 0 Å². The summed E-state index contributed by atoms with van der Waals surface area (Å²) in [7, 11) is -4.08. The van der Waals surface area contributed by atoms with E-state index in [-0.39, 0.29) is 12.3 Å². The van der Waals surface area contributed by atoms with Gasteiger partial charge in [-0.2, -0.15) is 0 Å². The van der Waals surface area contributed by atoms with Crippen LogP contribution in [-0.2, 0) is 13.6 Å². The van der Waals surface area contributed by atoms with E-state index in [0.29, 0.717) is 5.56 Å². The Morgan fingerprint density at radius 1 is 1.44 bits per heavy atom. The van der Waals surface area contributed by atoms with Crippen LogP contribution < -0.4 is 0 Å². The van der Waals surface area contributed by atoms with Crippen LogP contribution >= 0.6 is 7.82 Å². The Balaban J connectivity index is 2.75. The Bertz CT molecular complexity index is 460. The molecule has 18 heavy (non-hydrogen) atoms. The van der Waals surface area contributed by atoms with Gasteiger partial charge in [0.2, 0.25) is 0 Å². The van der Waals surface area contributed by atoms with Crippen molar-refractivity contribution in [2.75, 3.05) is 6.61 Å². The minimum Gasteiger partial charge on any atom is -0.302 e. The second kappa shape index (κ2) is 6.06. The molecule has 1 N–H and O–H groups in total. The van der Waals surface area contributed by atoms with E-state index in [1.165, 1.54) is 24.3 Å². The Kier molecular flexibility index (Phi) is 4.98. The summed E-state index contributed by atoms with van der Waals surface area (Å²) in [5, 5.41) is 10.5. The molecule has 2 atom stereocenters. The van der Waals surface area contributed by atoms with E-state index in [2.05, 4.69) is 4.52 Å². The number of benzene rings is 1. The van der Waals surface area contributed by atoms with E-state index in [9.17, 15) is 19.6 Å². The average Bonchev–Trinajstić information content (AvgIpc) is 2.28. The highest BCUT2D eigenvalue weighted by atomic mass is 31.2. The molecular formula is C10H14NO6P. The van der Waals surface area contributed by atoms with Crippen LogP contribution in [-0.4, -0.2) is 16.4 Å². The van der Waals surface area contributed by atoms with Crippen molar-refractivity contribution in [3.63, 3.8) is 0 Å². The SMILES string of the molecule is CCOP(=O)(O)OC(C)c1ccc([N+](=O)[O-])cc1. The van der Waals surface area contributed by atoms with Gasteiger partial charge in [-0.3, -0.25) is 19.2 Å². The summed E-state index contributed by atoms with van der Waals surface area (Å²) in [5.41, 5.74) is 0.498. The highest BCUT2D eigenvalue weighted by Crippen LogP contribution is 2.47. The van der Waals surface area contributed by atoms with E-state index in [4.69, 9.17) is 4.52 Å². The molecule has 0 saturated heterocycles. The molecular weight excluding hydrogens is 261 g/mol. The van der Waals surface area contributed by atoms with Gasteiger partial charge in [-0.1, -0.05) is 0 Å². The first kappa shape index (κ1) is 14.8. The van der Waals surface area contributed by atoms with Gasteiger partial charge in [-0.05, 0) is 31.5 Å². The van der Waals surface area contributed by atoms with Gasteiger partial charge >= 0.3 is 7.82 Å². The van der Waals surface area contributed by atoms with Gasteiger partial charge in [0, 0.05) is 12.1 Å². The van der Waals surface area contributed by atoms with Crippen molar-refractivity contribution in [2.45, 2.75) is 20.0 Å². The standard InChI is InChI=1S/C10H14NO6P/c1-3-16-18(14,15)17-8(2)9-4-6-10(7-5-9)11(12)13/h4-8H,3H2,1-2H3,(H,14,15). The molecule has 0 aliphatic rings. The third-order valence-corrected chi connectivity index (χ3v) is 3.32. The van der Waals surface area contributed by atoms with Crippen molar-refractivity contribution in [1.29, 1.82) is 0 Å². The fourth-order valence-electron chi connectivity index (χ4n) is 1.32. The molecule has 1 aromatic carbocycles. The predicted octanol–water partition coefficient (Wildman–Crippen LogP) is 2.81. The number of nitrogens with zero attached hydrogens (tertiary/aromatic N) is 1. The van der Waals surface area contributed by atoms with Crippen molar-refractivity contribution < 1.29 is 23.4 Å². The van der Waals surface area contributed by atoms with Gasteiger partial charge in [0.15, 0.2) is 0 Å². The summed E-state index contributed by atoms with van der Waals surface area (Å²) >= 11 is 0. The highest BCUT2D eigenvalue weighted by molar-refractivity contribution is 7.47. The van der Waals surface area contributed by atoms with Crippen LogP contribution in [0, 0.1) is 10.1 Å². The maximum atomic E-state index is 11.4. The maximum Gasteiger partial charge on any atom is 0.472 e. The molecule has 0 spiro atoms. The van der Waals surface area contributed by atoms with Gasteiger partial charge in [0.05, 0.1) is 17.6 Å². The Labute approximate surface area is 104 Å². The molecule has 0 bridgehead atoms. The Morgan fingerprint density at radius 2 is 2.00 bits per heavy atom. The molecule has 8 heteroatoms. The number of rotatable bonds is 6. The Morgan fingerprint density at radius 3 is 2.44 bits per heavy atom. The lowest BCUT2D eigenvalue weighted by molar-refractivity contribution is -0.384. The zero-order valence-electron chi connectivity index (χ0n) is 9.98. The molecule has 0 amide bonds. The molecule has 0 saturated carbocycles. The smallest absolute Gasteiger partial charge is 0.302 e. The summed E-state index contributed by atoms with van der Waals surface area (Å²) < 4.78 is 20.8. The lowest BCUT2D eigenvalue weighted by Crippen LogP contribution is -2.01. The predicted molar refractivity (Wildman–Crippen MR) is 64.0 cm³/mol. The fraction of sp³-hybridized carbons (Fsp3) is 0.400. The van der Waals surface area contributed by atoms with Crippen LogP contribution in [0.1, 0.15) is 25.5 Å². The summed E-state index contributed by atoms with van der Waals surface area (Å²) in [4.78, 5) is 19.2. The minimum atomic E-state index is -4.08. The summed E-state index contributed by atoms with van der Waals surface area (Å²) in [5.74, 6) is 0. The van der Waals surface area contributed by atoms with Gasteiger partial charge in [0.1, 0.15) is 0 Å². The summed E-state index contributed by atoms with van der Waals surface area (Å²) in [6.07, 6.45) is -0.701. The van der Waals surface area contributed by atoms with E-state index >= 15 is 0 Å². The number of hydrogen-bond donors (Lipinski definition) is 1. The third-order valence-electron chi connectivity index (χ3n) is 2.16. The molecule has 0 aliphatic carbocycles. The van der Waals surface area contributed by atoms with E-state index in [1.54, 1.807) is 13.8 Å². The van der Waals surface area contributed by atoms with Crippen molar-refractivity contribution in [3.8, 4) is 0 Å². The number of hydrogen-bond acceptors (Lipinski definition) is 5. The second-order valence-electron chi connectivity index (χ2n) is 3.48. The number of phosphoric acid groups is 1. The number of non-ortho nitro benzene ring substituents is 1. The van der Waals surface area contributed by atoms with E-state index < -0.39 is 18.8 Å². The van der Waals surface area contributed by atoms with Crippen LogP contribution in [0.3, 0.4) is 0 Å². The second-order valence-corrected chi connectivity index (χ2v) is 4.89. The monoisotopic (exact) mass is 275 g/mol. The van der Waals surface area contributed by atoms with Crippen molar-refractivity contribution >= 4 is 13.5 Å². The number of nitro benzene ring substituents is 1. The van der Waals surface area contributed by atoms with Gasteiger partial charge in [-0.25, -0.2) is 4.57 Å². The third kappa shape index (κ3) is 4.19. The molecule has 2 unspecified atom stereocenters. The highest BCUT2D eigenvalue weighted by Gasteiger charge is 2.24. The largest absolute Gasteiger partial charge is 0.472 e. The van der Waals surface area contributed by atoms with Crippen molar-refractivity contribution in [1.82, 2.24) is 0 Å². The Hall–Kier alpha value is -1.27. The lowest BCUT2D eigenvalue weighted by Gasteiger charge is -2.16. The molecule has 7 nitrogen and oxygen atoms in total. The molecule has 0 fully saturated rings.